The first-order valence-electron chi connectivity index (χ1n) is 11.6. The summed E-state index contributed by atoms with van der Waals surface area (Å²) >= 11 is 6.13. The summed E-state index contributed by atoms with van der Waals surface area (Å²) in [6.07, 6.45) is 0. The third kappa shape index (κ3) is 4.91. The predicted molar refractivity (Wildman–Crippen MR) is 137 cm³/mol. The molecule has 2 aromatic carbocycles. The molecule has 0 aliphatic carbocycles. The van der Waals surface area contributed by atoms with Crippen molar-refractivity contribution in [1.82, 2.24) is 19.2 Å². The van der Waals surface area contributed by atoms with Gasteiger partial charge in [0.25, 0.3) is 11.1 Å². The van der Waals surface area contributed by atoms with Crippen LogP contribution in [0.25, 0.3) is 22.2 Å². The number of hydrogen-bond donors (Lipinski definition) is 1. The topological polar surface area (TPSA) is 81.5 Å². The Hall–Kier alpha value is -3.33. The summed E-state index contributed by atoms with van der Waals surface area (Å²) in [6.45, 7) is 4.63. The van der Waals surface area contributed by atoms with Crippen molar-refractivity contribution in [3.63, 3.8) is 0 Å². The summed E-state index contributed by atoms with van der Waals surface area (Å²) in [5.41, 5.74) is 2.43. The van der Waals surface area contributed by atoms with Gasteiger partial charge in [0.2, 0.25) is 0 Å². The second kappa shape index (κ2) is 10.1. The van der Waals surface area contributed by atoms with Gasteiger partial charge in [0.1, 0.15) is 5.75 Å². The van der Waals surface area contributed by atoms with Crippen LogP contribution in [0.15, 0.2) is 64.2 Å². The van der Waals surface area contributed by atoms with E-state index in [9.17, 15) is 9.59 Å². The average Bonchev–Trinajstić information content (AvgIpc) is 3.19. The number of benzene rings is 2. The summed E-state index contributed by atoms with van der Waals surface area (Å²) in [7, 11) is 1.61. The van der Waals surface area contributed by atoms with Crippen molar-refractivity contribution in [1.29, 1.82) is 0 Å². The molecule has 0 unspecified atom stereocenters. The number of hydrogen-bond acceptors (Lipinski definition) is 5. The Morgan fingerprint density at radius 1 is 1.00 bits per heavy atom. The second-order valence-electron chi connectivity index (χ2n) is 8.58. The minimum atomic E-state index is -0.195. The Labute approximate surface area is 207 Å². The molecule has 1 fully saturated rings. The maximum Gasteiger partial charge on any atom is 0.276 e. The van der Waals surface area contributed by atoms with E-state index in [0.717, 1.165) is 36.5 Å². The normalized spacial score (nSPS) is 14.5. The van der Waals surface area contributed by atoms with Gasteiger partial charge in [0.15, 0.2) is 0 Å². The number of fused-ring (bicyclic) bond motifs is 1. The van der Waals surface area contributed by atoms with Crippen LogP contribution in [0.2, 0.25) is 5.02 Å². The highest BCUT2D eigenvalue weighted by atomic mass is 35.5. The van der Waals surface area contributed by atoms with Crippen molar-refractivity contribution in [3.05, 3.63) is 85.9 Å². The first kappa shape index (κ1) is 23.4. The van der Waals surface area contributed by atoms with Crippen molar-refractivity contribution in [2.24, 2.45) is 0 Å². The van der Waals surface area contributed by atoms with Crippen LogP contribution in [-0.2, 0) is 17.8 Å². The molecule has 0 atom stereocenters. The molecule has 0 amide bonds. The highest BCUT2D eigenvalue weighted by Crippen LogP contribution is 2.27. The van der Waals surface area contributed by atoms with Gasteiger partial charge in [0, 0.05) is 30.7 Å². The lowest BCUT2D eigenvalue weighted by molar-refractivity contribution is 0.0359. The third-order valence-corrected chi connectivity index (χ3v) is 6.64. The molecule has 1 saturated heterocycles. The number of pyridine rings is 1. The van der Waals surface area contributed by atoms with Gasteiger partial charge >= 0.3 is 0 Å². The highest BCUT2D eigenvalue weighted by Gasteiger charge is 2.20. The van der Waals surface area contributed by atoms with E-state index in [1.165, 1.54) is 6.07 Å². The molecular weight excluding hydrogens is 468 g/mol. The van der Waals surface area contributed by atoms with E-state index >= 15 is 0 Å². The van der Waals surface area contributed by atoms with Crippen LogP contribution < -0.4 is 15.9 Å². The van der Waals surface area contributed by atoms with Crippen molar-refractivity contribution < 1.29 is 9.47 Å². The molecular formula is C26H27ClN4O4. The Kier molecular flexibility index (Phi) is 6.77. The molecule has 0 spiro atoms. The van der Waals surface area contributed by atoms with E-state index in [-0.39, 0.29) is 11.1 Å². The van der Waals surface area contributed by atoms with E-state index < -0.39 is 0 Å². The summed E-state index contributed by atoms with van der Waals surface area (Å²) in [5, 5.41) is 4.24. The number of nitrogens with one attached hydrogen (secondary N) is 1. The Morgan fingerprint density at radius 3 is 2.40 bits per heavy atom. The molecule has 4 aromatic rings. The molecule has 1 aliphatic rings. The van der Waals surface area contributed by atoms with Crippen molar-refractivity contribution in [2.75, 3.05) is 40.0 Å². The SMILES string of the molecule is COc1ccc(Cn2c(-c3ccc(Cl)cc3)c3c(=O)n(CCN4CCOCC4)[nH]c3cc2=O)cc1. The Bertz CT molecular complexity index is 1430. The summed E-state index contributed by atoms with van der Waals surface area (Å²) in [5.74, 6) is 0.739. The van der Waals surface area contributed by atoms with Crippen LogP contribution in [0, 0.1) is 0 Å². The lowest BCUT2D eigenvalue weighted by atomic mass is 10.1. The van der Waals surface area contributed by atoms with Crippen molar-refractivity contribution in [3.8, 4) is 17.0 Å². The van der Waals surface area contributed by atoms with Crippen LogP contribution in [0.4, 0.5) is 0 Å². The molecule has 0 saturated carbocycles. The molecule has 2 aromatic heterocycles. The maximum atomic E-state index is 13.6. The smallest absolute Gasteiger partial charge is 0.276 e. The predicted octanol–water partition coefficient (Wildman–Crippen LogP) is 3.20. The molecule has 1 N–H and O–H groups in total. The summed E-state index contributed by atoms with van der Waals surface area (Å²) < 4.78 is 13.9. The van der Waals surface area contributed by atoms with Crippen LogP contribution >= 0.6 is 11.6 Å². The lowest BCUT2D eigenvalue weighted by Gasteiger charge is -2.26. The first-order chi connectivity index (χ1) is 17.0. The summed E-state index contributed by atoms with van der Waals surface area (Å²) in [4.78, 5) is 29.2. The number of ether oxygens (including phenoxy) is 2. The molecule has 9 heteroatoms. The largest absolute Gasteiger partial charge is 0.497 e. The van der Waals surface area contributed by atoms with E-state index in [1.54, 1.807) is 28.5 Å². The van der Waals surface area contributed by atoms with Crippen LogP contribution in [0.3, 0.4) is 0 Å². The molecule has 0 radical (unpaired) electrons. The van der Waals surface area contributed by atoms with Crippen LogP contribution in [0.1, 0.15) is 5.56 Å². The minimum Gasteiger partial charge on any atom is -0.497 e. The minimum absolute atomic E-state index is 0.151. The third-order valence-electron chi connectivity index (χ3n) is 6.39. The van der Waals surface area contributed by atoms with E-state index in [2.05, 4.69) is 10.00 Å². The monoisotopic (exact) mass is 494 g/mol. The van der Waals surface area contributed by atoms with Gasteiger partial charge in [0.05, 0.1) is 50.0 Å². The Balaban J connectivity index is 1.60. The van der Waals surface area contributed by atoms with E-state index in [4.69, 9.17) is 21.1 Å². The van der Waals surface area contributed by atoms with Gasteiger partial charge in [-0.25, -0.2) is 0 Å². The zero-order valence-electron chi connectivity index (χ0n) is 19.5. The number of methoxy groups -OCH3 is 1. The van der Waals surface area contributed by atoms with Crippen molar-refractivity contribution >= 4 is 22.5 Å². The number of H-pyrrole nitrogens is 1. The van der Waals surface area contributed by atoms with Crippen molar-refractivity contribution in [2.45, 2.75) is 13.1 Å². The van der Waals surface area contributed by atoms with Gasteiger partial charge < -0.3 is 14.0 Å². The fourth-order valence-corrected chi connectivity index (χ4v) is 4.61. The fourth-order valence-electron chi connectivity index (χ4n) is 4.48. The second-order valence-corrected chi connectivity index (χ2v) is 9.02. The number of morpholine rings is 1. The van der Waals surface area contributed by atoms with E-state index in [0.29, 0.717) is 47.9 Å². The Morgan fingerprint density at radius 2 is 1.71 bits per heavy atom. The molecule has 8 nitrogen and oxygen atoms in total. The maximum absolute atomic E-state index is 13.6. The standard InChI is InChI=1S/C26H27ClN4O4/c1-34-21-8-2-18(3-9-21)17-30-23(32)16-22-24(25(30)19-4-6-20(27)7-5-19)26(33)31(28-22)11-10-29-12-14-35-15-13-29/h2-9,16,28H,10-15,17H2,1H3. The van der Waals surface area contributed by atoms with Crippen LogP contribution in [-0.4, -0.2) is 59.2 Å². The van der Waals surface area contributed by atoms with Gasteiger partial charge in [-0.3, -0.25) is 24.3 Å². The molecule has 5 rings (SSSR count). The first-order valence-corrected chi connectivity index (χ1v) is 12.0. The highest BCUT2D eigenvalue weighted by molar-refractivity contribution is 6.30. The number of nitrogens with zero attached hydrogens (tertiary/aromatic N) is 3. The number of halogens is 1. The van der Waals surface area contributed by atoms with Gasteiger partial charge in [-0.2, -0.15) is 0 Å². The molecule has 3 heterocycles. The summed E-state index contributed by atoms with van der Waals surface area (Å²) in [6, 6.07) is 16.3. The van der Waals surface area contributed by atoms with Gasteiger partial charge in [-0.1, -0.05) is 35.9 Å². The lowest BCUT2D eigenvalue weighted by Crippen LogP contribution is -2.39. The van der Waals surface area contributed by atoms with E-state index in [1.807, 2.05) is 36.4 Å². The number of aromatic nitrogens is 3. The fraction of sp³-hybridized carbons (Fsp3) is 0.308. The molecule has 182 valence electrons. The molecule has 35 heavy (non-hydrogen) atoms. The van der Waals surface area contributed by atoms with Crippen LogP contribution in [0.5, 0.6) is 5.75 Å². The number of rotatable bonds is 7. The zero-order chi connectivity index (χ0) is 24.4. The molecule has 1 aliphatic heterocycles. The van der Waals surface area contributed by atoms with Gasteiger partial charge in [-0.15, -0.1) is 0 Å². The zero-order valence-corrected chi connectivity index (χ0v) is 20.3. The van der Waals surface area contributed by atoms with Gasteiger partial charge in [-0.05, 0) is 35.4 Å². The average molecular weight is 495 g/mol. The number of aromatic amines is 1. The quantitative estimate of drug-likeness (QED) is 0.426. The molecule has 0 bridgehead atoms.